The van der Waals surface area contributed by atoms with Crippen LogP contribution in [0.25, 0.3) is 0 Å². The lowest BCUT2D eigenvalue weighted by Crippen LogP contribution is -1.81. The first-order valence-electron chi connectivity index (χ1n) is 6.78. The normalized spacial score (nSPS) is 10.1. The van der Waals surface area contributed by atoms with Crippen molar-refractivity contribution in [2.45, 2.75) is 84.0 Å². The van der Waals surface area contributed by atoms with E-state index in [-0.39, 0.29) is 0 Å². The number of unbranched alkanes of at least 4 members (excludes halogenated alkanes) is 11. The highest BCUT2D eigenvalue weighted by molar-refractivity contribution is 4.67. The Balaban J connectivity index is 2.84. The topological polar surface area (TPSA) is 23.8 Å². The van der Waals surface area contributed by atoms with Gasteiger partial charge in [-0.3, -0.25) is 0 Å². The van der Waals surface area contributed by atoms with E-state index >= 15 is 0 Å². The van der Waals surface area contributed by atoms with Crippen LogP contribution in [-0.2, 0) is 0 Å². The molecule has 0 radical (unpaired) electrons. The van der Waals surface area contributed by atoms with Crippen LogP contribution < -0.4 is 0 Å². The predicted molar refractivity (Wildman–Crippen MR) is 66.7 cm³/mol. The molecule has 0 atom stereocenters. The van der Waals surface area contributed by atoms with Crippen LogP contribution in [0.1, 0.15) is 84.0 Å². The zero-order valence-electron chi connectivity index (χ0n) is 10.4. The Morgan fingerprint density at radius 3 is 1.47 bits per heavy atom. The summed E-state index contributed by atoms with van der Waals surface area (Å²) in [6, 6.07) is 2.20. The van der Waals surface area contributed by atoms with Crippen LogP contribution >= 0.6 is 0 Å². The summed E-state index contributed by atoms with van der Waals surface area (Å²) in [7, 11) is 0. The van der Waals surface area contributed by atoms with Crippen molar-refractivity contribution >= 4 is 0 Å². The van der Waals surface area contributed by atoms with Gasteiger partial charge in [-0.25, -0.2) is 0 Å². The van der Waals surface area contributed by atoms with Crippen LogP contribution in [-0.4, -0.2) is 0 Å². The van der Waals surface area contributed by atoms with E-state index in [4.69, 9.17) is 5.26 Å². The number of nitrogens with zero attached hydrogens (tertiary/aromatic N) is 1. The number of hydrogen-bond donors (Lipinski definition) is 0. The summed E-state index contributed by atoms with van der Waals surface area (Å²) in [5.41, 5.74) is 0. The molecule has 0 aliphatic heterocycles. The number of nitriles is 1. The molecule has 0 aromatic carbocycles. The van der Waals surface area contributed by atoms with E-state index in [1.54, 1.807) is 0 Å². The molecule has 0 aromatic rings. The zero-order valence-corrected chi connectivity index (χ0v) is 10.4. The molecule has 88 valence electrons. The SMILES string of the molecule is CCCCCCCCCCCCCC#N. The van der Waals surface area contributed by atoms with E-state index in [1.165, 1.54) is 64.2 Å². The zero-order chi connectivity index (χ0) is 11.2. The summed E-state index contributed by atoms with van der Waals surface area (Å²) in [4.78, 5) is 0. The largest absolute Gasteiger partial charge is 0.198 e. The molecular weight excluding hydrogens is 182 g/mol. The van der Waals surface area contributed by atoms with Gasteiger partial charge in [0.25, 0.3) is 0 Å². The highest BCUT2D eigenvalue weighted by Gasteiger charge is 1.92. The maximum Gasteiger partial charge on any atom is 0.0621 e. The first kappa shape index (κ1) is 14.5. The molecule has 0 saturated carbocycles. The molecule has 0 aliphatic carbocycles. The Labute approximate surface area is 95.9 Å². The van der Waals surface area contributed by atoms with E-state index in [0.29, 0.717) is 0 Å². The molecule has 0 rings (SSSR count). The van der Waals surface area contributed by atoms with E-state index in [9.17, 15) is 0 Å². The molecule has 0 aromatic heterocycles. The third-order valence-corrected chi connectivity index (χ3v) is 2.89. The fraction of sp³-hybridized carbons (Fsp3) is 0.929. The summed E-state index contributed by atoms with van der Waals surface area (Å²) in [5, 5.41) is 8.36. The smallest absolute Gasteiger partial charge is 0.0621 e. The lowest BCUT2D eigenvalue weighted by atomic mass is 10.1. The second kappa shape index (κ2) is 13.5. The van der Waals surface area contributed by atoms with Crippen molar-refractivity contribution < 1.29 is 0 Å². The van der Waals surface area contributed by atoms with Crippen LogP contribution in [0.4, 0.5) is 0 Å². The van der Waals surface area contributed by atoms with Crippen molar-refractivity contribution in [2.24, 2.45) is 0 Å². The molecule has 0 unspecified atom stereocenters. The lowest BCUT2D eigenvalue weighted by Gasteiger charge is -2.01. The van der Waals surface area contributed by atoms with Crippen LogP contribution in [0.2, 0.25) is 0 Å². The average Bonchev–Trinajstić information content (AvgIpc) is 2.26. The van der Waals surface area contributed by atoms with Crippen LogP contribution in [0.5, 0.6) is 0 Å². The summed E-state index contributed by atoms with van der Waals surface area (Å²) >= 11 is 0. The fourth-order valence-corrected chi connectivity index (χ4v) is 1.87. The van der Waals surface area contributed by atoms with Crippen molar-refractivity contribution in [1.82, 2.24) is 0 Å². The molecule has 15 heavy (non-hydrogen) atoms. The Morgan fingerprint density at radius 2 is 1.07 bits per heavy atom. The standard InChI is InChI=1S/C14H27N/c1-2-3-4-5-6-7-8-9-10-11-12-13-14-15/h2-13H2,1H3. The lowest BCUT2D eigenvalue weighted by molar-refractivity contribution is 0.551. The van der Waals surface area contributed by atoms with Gasteiger partial charge < -0.3 is 0 Å². The second-order valence-electron chi connectivity index (χ2n) is 4.44. The minimum atomic E-state index is 0.747. The molecule has 0 N–H and O–H groups in total. The molecule has 0 heterocycles. The van der Waals surface area contributed by atoms with Crippen LogP contribution in [0.3, 0.4) is 0 Å². The van der Waals surface area contributed by atoms with Gasteiger partial charge in [-0.05, 0) is 6.42 Å². The van der Waals surface area contributed by atoms with Gasteiger partial charge in [0.1, 0.15) is 0 Å². The van der Waals surface area contributed by atoms with Crippen molar-refractivity contribution in [3.8, 4) is 6.07 Å². The van der Waals surface area contributed by atoms with Gasteiger partial charge in [-0.15, -0.1) is 0 Å². The minimum absolute atomic E-state index is 0.747. The van der Waals surface area contributed by atoms with Gasteiger partial charge in [-0.1, -0.05) is 71.1 Å². The molecule has 1 heteroatoms. The maximum absolute atomic E-state index is 8.36. The van der Waals surface area contributed by atoms with E-state index in [1.807, 2.05) is 0 Å². The third-order valence-electron chi connectivity index (χ3n) is 2.89. The Bertz CT molecular complexity index is 146. The minimum Gasteiger partial charge on any atom is -0.198 e. The molecule has 0 fully saturated rings. The van der Waals surface area contributed by atoms with E-state index < -0.39 is 0 Å². The second-order valence-corrected chi connectivity index (χ2v) is 4.44. The van der Waals surface area contributed by atoms with Gasteiger partial charge in [0, 0.05) is 6.42 Å². The highest BCUT2D eigenvalue weighted by Crippen LogP contribution is 2.11. The first-order chi connectivity index (χ1) is 7.41. The van der Waals surface area contributed by atoms with E-state index in [0.717, 1.165) is 12.8 Å². The van der Waals surface area contributed by atoms with E-state index in [2.05, 4.69) is 13.0 Å². The van der Waals surface area contributed by atoms with Crippen molar-refractivity contribution in [3.05, 3.63) is 0 Å². The quantitative estimate of drug-likeness (QED) is 0.428. The average molecular weight is 209 g/mol. The molecule has 0 saturated heterocycles. The molecule has 0 aliphatic rings. The molecule has 1 nitrogen and oxygen atoms in total. The summed E-state index contributed by atoms with van der Waals surface area (Å²) in [6.07, 6.45) is 15.7. The van der Waals surface area contributed by atoms with Gasteiger partial charge in [0.05, 0.1) is 6.07 Å². The van der Waals surface area contributed by atoms with Gasteiger partial charge in [-0.2, -0.15) is 5.26 Å². The summed E-state index contributed by atoms with van der Waals surface area (Å²) < 4.78 is 0. The Kier molecular flexibility index (Phi) is 13.0. The first-order valence-corrected chi connectivity index (χ1v) is 6.78. The van der Waals surface area contributed by atoms with Crippen molar-refractivity contribution in [3.63, 3.8) is 0 Å². The molecule has 0 amide bonds. The van der Waals surface area contributed by atoms with Gasteiger partial charge in [0.2, 0.25) is 0 Å². The summed E-state index contributed by atoms with van der Waals surface area (Å²) in [6.45, 7) is 2.27. The van der Waals surface area contributed by atoms with Crippen molar-refractivity contribution in [1.29, 1.82) is 5.26 Å². The monoisotopic (exact) mass is 209 g/mol. The highest BCUT2D eigenvalue weighted by atomic mass is 14.2. The summed E-state index contributed by atoms with van der Waals surface area (Å²) in [5.74, 6) is 0. The number of rotatable bonds is 11. The van der Waals surface area contributed by atoms with Gasteiger partial charge >= 0.3 is 0 Å². The Morgan fingerprint density at radius 1 is 0.667 bits per heavy atom. The van der Waals surface area contributed by atoms with Crippen LogP contribution in [0, 0.1) is 11.3 Å². The third kappa shape index (κ3) is 13.5. The number of hydrogen-bond acceptors (Lipinski definition) is 1. The maximum atomic E-state index is 8.36. The van der Waals surface area contributed by atoms with Gasteiger partial charge in [0.15, 0.2) is 0 Å². The molecule has 0 bridgehead atoms. The predicted octanol–water partition coefficient (Wildman–Crippen LogP) is 5.21. The molecular formula is C14H27N. The van der Waals surface area contributed by atoms with Crippen LogP contribution in [0.15, 0.2) is 0 Å². The Hall–Kier alpha value is -0.510. The molecule has 0 spiro atoms. The van der Waals surface area contributed by atoms with Crippen molar-refractivity contribution in [2.75, 3.05) is 0 Å². The fourth-order valence-electron chi connectivity index (χ4n) is 1.87.